The molecular weight excluding hydrogens is 184 g/mol. The van der Waals surface area contributed by atoms with Crippen LogP contribution in [0.3, 0.4) is 0 Å². The summed E-state index contributed by atoms with van der Waals surface area (Å²) in [5, 5.41) is 3.50. The first-order valence-electron chi connectivity index (χ1n) is 5.25. The second-order valence-corrected chi connectivity index (χ2v) is 4.15. The van der Waals surface area contributed by atoms with E-state index in [1.54, 1.807) is 0 Å². The van der Waals surface area contributed by atoms with Gasteiger partial charge in [-0.2, -0.15) is 0 Å². The fourth-order valence-corrected chi connectivity index (χ4v) is 2.55. The van der Waals surface area contributed by atoms with Gasteiger partial charge in [-0.05, 0) is 17.2 Å². The van der Waals surface area contributed by atoms with Crippen molar-refractivity contribution in [3.63, 3.8) is 0 Å². The largest absolute Gasteiger partial charge is 0.300 e. The molecule has 72 valence electrons. The molecule has 2 heteroatoms. The molecule has 1 saturated heterocycles. The summed E-state index contributed by atoms with van der Waals surface area (Å²) in [6.45, 7) is 0. The number of pyridine rings is 1. The van der Waals surface area contributed by atoms with Crippen molar-refractivity contribution in [2.45, 2.75) is 12.1 Å². The number of aromatic nitrogens is 1. The maximum absolute atomic E-state index is 4.50. The molecule has 2 aromatic rings. The molecular formula is C13H10N2. The Kier molecular flexibility index (Phi) is 1.25. The molecule has 0 radical (unpaired) electrons. The second kappa shape index (κ2) is 2.47. The van der Waals surface area contributed by atoms with Gasteiger partial charge in [0, 0.05) is 11.8 Å². The summed E-state index contributed by atoms with van der Waals surface area (Å²) >= 11 is 0. The number of rotatable bonds is 0. The lowest BCUT2D eigenvalue weighted by molar-refractivity contribution is 0.985. The molecule has 1 aromatic heterocycles. The zero-order valence-electron chi connectivity index (χ0n) is 8.14. The van der Waals surface area contributed by atoms with Crippen LogP contribution in [-0.2, 0) is 0 Å². The summed E-state index contributed by atoms with van der Waals surface area (Å²) < 4.78 is 0. The van der Waals surface area contributed by atoms with E-state index in [1.807, 2.05) is 12.3 Å². The van der Waals surface area contributed by atoms with Crippen molar-refractivity contribution in [2.24, 2.45) is 0 Å². The topological polar surface area (TPSA) is 34.8 Å². The van der Waals surface area contributed by atoms with Crippen molar-refractivity contribution < 1.29 is 0 Å². The Labute approximate surface area is 88.0 Å². The van der Waals surface area contributed by atoms with E-state index in [0.717, 1.165) is 5.69 Å². The molecule has 1 aliphatic carbocycles. The number of hydrogen-bond donors (Lipinski definition) is 1. The molecule has 2 unspecified atom stereocenters. The number of nitrogens with zero attached hydrogens (tertiary/aromatic N) is 1. The summed E-state index contributed by atoms with van der Waals surface area (Å²) in [5.74, 6) is 0. The SMILES string of the molecule is c1ccc2c(c1)-c1ncccc1C1NC21. The molecule has 1 fully saturated rings. The van der Waals surface area contributed by atoms with Crippen LogP contribution in [0, 0.1) is 0 Å². The highest BCUT2D eigenvalue weighted by molar-refractivity contribution is 5.73. The fourth-order valence-electron chi connectivity index (χ4n) is 2.55. The number of benzene rings is 1. The monoisotopic (exact) mass is 194 g/mol. The second-order valence-electron chi connectivity index (χ2n) is 4.15. The molecule has 4 rings (SSSR count). The average molecular weight is 194 g/mol. The Balaban J connectivity index is 2.09. The fraction of sp³-hybridized carbons (Fsp3) is 0.154. The Hall–Kier alpha value is -1.67. The van der Waals surface area contributed by atoms with Gasteiger partial charge in [-0.15, -0.1) is 0 Å². The molecule has 0 amide bonds. The van der Waals surface area contributed by atoms with Gasteiger partial charge in [-0.3, -0.25) is 10.3 Å². The molecule has 0 saturated carbocycles. The maximum Gasteiger partial charge on any atom is 0.0753 e. The minimum absolute atomic E-state index is 0.503. The van der Waals surface area contributed by atoms with Crippen LogP contribution in [0.4, 0.5) is 0 Å². The maximum atomic E-state index is 4.50. The first-order valence-corrected chi connectivity index (χ1v) is 5.25. The van der Waals surface area contributed by atoms with Gasteiger partial charge in [0.1, 0.15) is 0 Å². The van der Waals surface area contributed by atoms with Gasteiger partial charge in [-0.1, -0.05) is 30.3 Å². The molecule has 2 nitrogen and oxygen atoms in total. The highest BCUT2D eigenvalue weighted by Crippen LogP contribution is 2.52. The molecule has 1 aliphatic heterocycles. The van der Waals surface area contributed by atoms with Crippen LogP contribution in [0.1, 0.15) is 23.2 Å². The third-order valence-corrected chi connectivity index (χ3v) is 3.31. The number of hydrogen-bond acceptors (Lipinski definition) is 2. The van der Waals surface area contributed by atoms with E-state index in [-0.39, 0.29) is 0 Å². The summed E-state index contributed by atoms with van der Waals surface area (Å²) in [7, 11) is 0. The molecule has 1 aromatic carbocycles. The number of nitrogens with one attached hydrogen (secondary N) is 1. The van der Waals surface area contributed by atoms with Crippen molar-refractivity contribution in [1.82, 2.24) is 10.3 Å². The van der Waals surface area contributed by atoms with Crippen LogP contribution in [0.25, 0.3) is 11.3 Å². The van der Waals surface area contributed by atoms with Gasteiger partial charge in [0.05, 0.1) is 17.8 Å². The molecule has 15 heavy (non-hydrogen) atoms. The lowest BCUT2D eigenvalue weighted by Gasteiger charge is -2.15. The van der Waals surface area contributed by atoms with Gasteiger partial charge in [0.15, 0.2) is 0 Å². The van der Waals surface area contributed by atoms with E-state index in [0.29, 0.717) is 12.1 Å². The third kappa shape index (κ3) is 0.896. The predicted molar refractivity (Wildman–Crippen MR) is 58.3 cm³/mol. The Morgan fingerprint density at radius 2 is 1.73 bits per heavy atom. The first kappa shape index (κ1) is 7.60. The third-order valence-electron chi connectivity index (χ3n) is 3.31. The van der Waals surface area contributed by atoms with Crippen LogP contribution in [-0.4, -0.2) is 4.98 Å². The lowest BCUT2D eigenvalue weighted by Crippen LogP contribution is -2.00. The summed E-state index contributed by atoms with van der Waals surface area (Å²) in [4.78, 5) is 4.50. The van der Waals surface area contributed by atoms with Crippen molar-refractivity contribution in [2.75, 3.05) is 0 Å². The van der Waals surface area contributed by atoms with E-state index in [1.165, 1.54) is 16.7 Å². The van der Waals surface area contributed by atoms with Gasteiger partial charge in [-0.25, -0.2) is 0 Å². The summed E-state index contributed by atoms with van der Waals surface area (Å²) in [5.41, 5.74) is 5.19. The molecule has 0 bridgehead atoms. The summed E-state index contributed by atoms with van der Waals surface area (Å²) in [6.07, 6.45) is 1.87. The van der Waals surface area contributed by atoms with Crippen LogP contribution >= 0.6 is 0 Å². The van der Waals surface area contributed by atoms with E-state index >= 15 is 0 Å². The molecule has 2 heterocycles. The Bertz CT molecular complexity index is 498. The Morgan fingerprint density at radius 3 is 2.73 bits per heavy atom. The highest BCUT2D eigenvalue weighted by Gasteiger charge is 2.45. The normalized spacial score (nSPS) is 25.1. The Morgan fingerprint density at radius 1 is 0.933 bits per heavy atom. The van der Waals surface area contributed by atoms with Gasteiger partial charge >= 0.3 is 0 Å². The van der Waals surface area contributed by atoms with Gasteiger partial charge in [0.25, 0.3) is 0 Å². The van der Waals surface area contributed by atoms with E-state index < -0.39 is 0 Å². The highest BCUT2D eigenvalue weighted by atomic mass is 15.2. The van der Waals surface area contributed by atoms with Gasteiger partial charge < -0.3 is 0 Å². The van der Waals surface area contributed by atoms with Crippen molar-refractivity contribution in [1.29, 1.82) is 0 Å². The van der Waals surface area contributed by atoms with E-state index in [2.05, 4.69) is 40.6 Å². The number of fused-ring (bicyclic) bond motifs is 6. The van der Waals surface area contributed by atoms with Crippen LogP contribution in [0.5, 0.6) is 0 Å². The zero-order chi connectivity index (χ0) is 9.83. The smallest absolute Gasteiger partial charge is 0.0753 e. The molecule has 2 aliphatic rings. The minimum atomic E-state index is 0.503. The minimum Gasteiger partial charge on any atom is -0.300 e. The molecule has 1 N–H and O–H groups in total. The van der Waals surface area contributed by atoms with Crippen LogP contribution < -0.4 is 5.32 Å². The van der Waals surface area contributed by atoms with Gasteiger partial charge in [0.2, 0.25) is 0 Å². The van der Waals surface area contributed by atoms with E-state index in [9.17, 15) is 0 Å². The zero-order valence-corrected chi connectivity index (χ0v) is 8.14. The lowest BCUT2D eigenvalue weighted by atomic mass is 9.89. The van der Waals surface area contributed by atoms with Crippen molar-refractivity contribution >= 4 is 0 Å². The van der Waals surface area contributed by atoms with Crippen molar-refractivity contribution in [3.05, 3.63) is 53.7 Å². The molecule has 2 atom stereocenters. The summed E-state index contributed by atoms with van der Waals surface area (Å²) in [6, 6.07) is 13.8. The van der Waals surface area contributed by atoms with Crippen molar-refractivity contribution in [3.8, 4) is 11.3 Å². The quantitative estimate of drug-likeness (QED) is 0.654. The average Bonchev–Trinajstić information content (AvgIpc) is 3.10. The standard InChI is InChI=1S/C13H10N2/c1-2-5-9-8(4-1)11-10(6-3-7-14-11)13-12(9)15-13/h1-7,12-13,15H. The first-order chi connectivity index (χ1) is 7.45. The predicted octanol–water partition coefficient (Wildman–Crippen LogP) is 2.45. The molecule has 0 spiro atoms. The van der Waals surface area contributed by atoms with Crippen LogP contribution in [0.15, 0.2) is 42.6 Å². The van der Waals surface area contributed by atoms with E-state index in [4.69, 9.17) is 0 Å². The van der Waals surface area contributed by atoms with Crippen LogP contribution in [0.2, 0.25) is 0 Å².